The van der Waals surface area contributed by atoms with Gasteiger partial charge in [0.05, 0.1) is 11.7 Å². The fourth-order valence-corrected chi connectivity index (χ4v) is 3.39. The second-order valence-corrected chi connectivity index (χ2v) is 7.25. The fraction of sp³-hybridized carbons (Fsp3) is 0.273. The van der Waals surface area contributed by atoms with Crippen LogP contribution in [0.4, 0.5) is 4.39 Å². The summed E-state index contributed by atoms with van der Waals surface area (Å²) >= 11 is 0. The molecule has 1 atom stereocenters. The number of hydrogen-bond donors (Lipinski definition) is 2. The molecule has 1 fully saturated rings. The van der Waals surface area contributed by atoms with Gasteiger partial charge in [-0.15, -0.1) is 0 Å². The van der Waals surface area contributed by atoms with Gasteiger partial charge in [-0.25, -0.2) is 9.37 Å². The topological polar surface area (TPSA) is 87.7 Å². The first kappa shape index (κ1) is 19.0. The first-order chi connectivity index (χ1) is 14.1. The Kier molecular flexibility index (Phi) is 5.46. The predicted octanol–water partition coefficient (Wildman–Crippen LogP) is 3.29. The number of aromatic nitrogens is 3. The van der Waals surface area contributed by atoms with E-state index >= 15 is 0 Å². The monoisotopic (exact) mass is 392 g/mol. The van der Waals surface area contributed by atoms with Crippen LogP contribution < -0.4 is 10.9 Å². The SMILES string of the molecule is O=C(N[C@H](Cc1cc(=O)[nH]c(C2CCC2)n1)c1ccc(F)cc1)c1ccccn1. The summed E-state index contributed by atoms with van der Waals surface area (Å²) in [5, 5.41) is 2.94. The molecule has 0 radical (unpaired) electrons. The zero-order chi connectivity index (χ0) is 20.2. The summed E-state index contributed by atoms with van der Waals surface area (Å²) in [6.45, 7) is 0. The Bertz CT molecular complexity index is 1050. The third-order valence-electron chi connectivity index (χ3n) is 5.19. The zero-order valence-electron chi connectivity index (χ0n) is 15.8. The van der Waals surface area contributed by atoms with Crippen LogP contribution in [0, 0.1) is 5.82 Å². The zero-order valence-corrected chi connectivity index (χ0v) is 15.8. The minimum absolute atomic E-state index is 0.203. The fourth-order valence-electron chi connectivity index (χ4n) is 3.39. The molecule has 1 saturated carbocycles. The van der Waals surface area contributed by atoms with Crippen LogP contribution in [0.25, 0.3) is 0 Å². The largest absolute Gasteiger partial charge is 0.344 e. The number of benzene rings is 1. The maximum absolute atomic E-state index is 13.4. The number of H-pyrrole nitrogens is 1. The average Bonchev–Trinajstić information content (AvgIpc) is 2.67. The van der Waals surface area contributed by atoms with Crippen molar-refractivity contribution in [1.82, 2.24) is 20.3 Å². The van der Waals surface area contributed by atoms with Crippen LogP contribution in [0.3, 0.4) is 0 Å². The second-order valence-electron chi connectivity index (χ2n) is 7.25. The number of rotatable bonds is 6. The molecule has 148 valence electrons. The van der Waals surface area contributed by atoms with Gasteiger partial charge in [-0.1, -0.05) is 24.6 Å². The van der Waals surface area contributed by atoms with Gasteiger partial charge in [0.1, 0.15) is 17.3 Å². The standard InChI is InChI=1S/C22H21FN4O2/c23-16-9-7-14(8-10-16)19(26-22(29)18-6-1-2-11-24-18)12-17-13-20(28)27-21(25-17)15-4-3-5-15/h1-2,6-11,13,15,19H,3-5,12H2,(H,26,29)(H,25,27,28)/t19-/m1/s1. The molecule has 1 aromatic carbocycles. The van der Waals surface area contributed by atoms with Gasteiger partial charge < -0.3 is 10.3 Å². The molecule has 29 heavy (non-hydrogen) atoms. The lowest BCUT2D eigenvalue weighted by Crippen LogP contribution is -2.31. The average molecular weight is 392 g/mol. The molecule has 7 heteroatoms. The number of pyridine rings is 1. The maximum Gasteiger partial charge on any atom is 0.270 e. The van der Waals surface area contributed by atoms with Crippen LogP contribution >= 0.6 is 0 Å². The van der Waals surface area contributed by atoms with Gasteiger partial charge in [0.15, 0.2) is 0 Å². The Morgan fingerprint density at radius 3 is 2.66 bits per heavy atom. The maximum atomic E-state index is 13.4. The highest BCUT2D eigenvalue weighted by molar-refractivity contribution is 5.92. The molecule has 1 aliphatic rings. The molecule has 1 amide bonds. The van der Waals surface area contributed by atoms with Gasteiger partial charge in [0, 0.05) is 24.6 Å². The Hall–Kier alpha value is -3.35. The van der Waals surface area contributed by atoms with E-state index in [-0.39, 0.29) is 28.9 Å². The van der Waals surface area contributed by atoms with Crippen molar-refractivity contribution in [3.05, 3.63) is 93.7 Å². The molecule has 0 aliphatic heterocycles. The van der Waals surface area contributed by atoms with Crippen LogP contribution in [-0.4, -0.2) is 20.9 Å². The first-order valence-electron chi connectivity index (χ1n) is 9.66. The van der Waals surface area contributed by atoms with Crippen LogP contribution in [0.1, 0.15) is 58.8 Å². The normalized spacial score (nSPS) is 14.8. The third-order valence-corrected chi connectivity index (χ3v) is 5.19. The van der Waals surface area contributed by atoms with E-state index in [2.05, 4.69) is 20.3 Å². The van der Waals surface area contributed by atoms with E-state index < -0.39 is 6.04 Å². The molecule has 0 unspecified atom stereocenters. The van der Waals surface area contributed by atoms with E-state index in [1.807, 2.05) is 0 Å². The molecule has 0 saturated heterocycles. The quantitative estimate of drug-likeness (QED) is 0.674. The molecule has 0 bridgehead atoms. The van der Waals surface area contributed by atoms with Crippen molar-refractivity contribution in [2.75, 3.05) is 0 Å². The number of hydrogen-bond acceptors (Lipinski definition) is 4. The number of nitrogens with one attached hydrogen (secondary N) is 2. The summed E-state index contributed by atoms with van der Waals surface area (Å²) in [4.78, 5) is 36.3. The van der Waals surface area contributed by atoms with Gasteiger partial charge in [0.2, 0.25) is 0 Å². The van der Waals surface area contributed by atoms with E-state index in [0.29, 0.717) is 17.9 Å². The molecular formula is C22H21FN4O2. The Labute approximate surface area is 167 Å². The molecule has 2 N–H and O–H groups in total. The van der Waals surface area contributed by atoms with E-state index in [1.54, 1.807) is 36.5 Å². The van der Waals surface area contributed by atoms with Crippen LogP contribution in [-0.2, 0) is 6.42 Å². The van der Waals surface area contributed by atoms with Gasteiger partial charge in [-0.05, 0) is 42.7 Å². The van der Waals surface area contributed by atoms with Crippen molar-refractivity contribution in [3.8, 4) is 0 Å². The summed E-state index contributed by atoms with van der Waals surface area (Å²) in [6, 6.07) is 12.0. The summed E-state index contributed by atoms with van der Waals surface area (Å²) in [5.74, 6) is 0.289. The molecule has 0 spiro atoms. The number of nitrogens with zero attached hydrogens (tertiary/aromatic N) is 2. The molecule has 3 aromatic rings. The molecule has 4 rings (SSSR count). The van der Waals surface area contributed by atoms with E-state index in [1.165, 1.54) is 18.2 Å². The first-order valence-corrected chi connectivity index (χ1v) is 9.66. The van der Waals surface area contributed by atoms with Crippen molar-refractivity contribution in [2.45, 2.75) is 37.6 Å². The summed E-state index contributed by atoms with van der Waals surface area (Å²) in [6.07, 6.45) is 5.03. The van der Waals surface area contributed by atoms with Gasteiger partial charge in [0.25, 0.3) is 11.5 Å². The van der Waals surface area contributed by atoms with E-state index in [9.17, 15) is 14.0 Å². The van der Waals surface area contributed by atoms with Crippen molar-refractivity contribution in [3.63, 3.8) is 0 Å². The lowest BCUT2D eigenvalue weighted by molar-refractivity contribution is 0.0931. The Morgan fingerprint density at radius 1 is 1.21 bits per heavy atom. The van der Waals surface area contributed by atoms with Crippen molar-refractivity contribution < 1.29 is 9.18 Å². The summed E-state index contributed by atoms with van der Waals surface area (Å²) < 4.78 is 13.4. The smallest absolute Gasteiger partial charge is 0.270 e. The number of aromatic amines is 1. The second kappa shape index (κ2) is 8.34. The van der Waals surface area contributed by atoms with Crippen molar-refractivity contribution >= 4 is 5.91 Å². The lowest BCUT2D eigenvalue weighted by atomic mass is 9.85. The van der Waals surface area contributed by atoms with Crippen LogP contribution in [0.5, 0.6) is 0 Å². The Balaban J connectivity index is 1.62. The number of carbonyl (C=O) groups excluding carboxylic acids is 1. The van der Waals surface area contributed by atoms with Crippen LogP contribution in [0.2, 0.25) is 0 Å². The van der Waals surface area contributed by atoms with Crippen molar-refractivity contribution in [2.24, 2.45) is 0 Å². The third kappa shape index (κ3) is 4.56. The minimum Gasteiger partial charge on any atom is -0.344 e. The molecule has 6 nitrogen and oxygen atoms in total. The minimum atomic E-state index is -0.478. The molecule has 2 aromatic heterocycles. The van der Waals surface area contributed by atoms with Crippen molar-refractivity contribution in [1.29, 1.82) is 0 Å². The Morgan fingerprint density at radius 2 is 2.00 bits per heavy atom. The van der Waals surface area contributed by atoms with E-state index in [0.717, 1.165) is 24.8 Å². The number of halogens is 1. The lowest BCUT2D eigenvalue weighted by Gasteiger charge is -2.25. The number of amides is 1. The highest BCUT2D eigenvalue weighted by Crippen LogP contribution is 2.34. The van der Waals surface area contributed by atoms with Crippen LogP contribution in [0.15, 0.2) is 59.5 Å². The summed E-state index contributed by atoms with van der Waals surface area (Å²) in [7, 11) is 0. The molecular weight excluding hydrogens is 371 g/mol. The highest BCUT2D eigenvalue weighted by Gasteiger charge is 2.23. The number of carbonyl (C=O) groups is 1. The van der Waals surface area contributed by atoms with E-state index in [4.69, 9.17) is 0 Å². The molecule has 1 aliphatic carbocycles. The summed E-state index contributed by atoms with van der Waals surface area (Å²) in [5.41, 5.74) is 1.40. The molecule has 2 heterocycles. The van der Waals surface area contributed by atoms with Gasteiger partial charge in [-0.3, -0.25) is 14.6 Å². The highest BCUT2D eigenvalue weighted by atomic mass is 19.1. The van der Waals surface area contributed by atoms with Gasteiger partial charge in [-0.2, -0.15) is 0 Å². The predicted molar refractivity (Wildman–Crippen MR) is 106 cm³/mol. The van der Waals surface area contributed by atoms with Gasteiger partial charge >= 0.3 is 0 Å².